The Labute approximate surface area is 319 Å². The molecule has 0 aromatic carbocycles. The van der Waals surface area contributed by atoms with Crippen LogP contribution in [0.4, 0.5) is 0 Å². The minimum Gasteiger partial charge on any atom is -0.462 e. The van der Waals surface area contributed by atoms with E-state index in [0.717, 1.165) is 38.0 Å². The van der Waals surface area contributed by atoms with Crippen molar-refractivity contribution in [2.24, 2.45) is 5.92 Å². The van der Waals surface area contributed by atoms with Crippen LogP contribution in [0, 0.1) is 5.92 Å². The Morgan fingerprint density at radius 2 is 1.30 bits per heavy atom. The van der Waals surface area contributed by atoms with E-state index in [1.54, 1.807) is 6.08 Å². The number of aliphatic hydroxyl groups excluding tert-OH is 3. The molecule has 4 atom stereocenters. The van der Waals surface area contributed by atoms with Crippen LogP contribution in [-0.4, -0.2) is 76.9 Å². The molecular weight excluding hydrogens is 699 g/mol. The van der Waals surface area contributed by atoms with Crippen LogP contribution in [0.15, 0.2) is 60.8 Å². The predicted octanol–water partition coefficient (Wildman–Crippen LogP) is 8.77. The summed E-state index contributed by atoms with van der Waals surface area (Å²) in [6.45, 7) is 4.36. The number of rotatable bonds is 35. The number of hydrogen-bond donors (Lipinski definition) is 4. The molecule has 53 heavy (non-hydrogen) atoms. The minimum atomic E-state index is -4.64. The molecule has 2 unspecified atom stereocenters. The van der Waals surface area contributed by atoms with Crippen LogP contribution in [0.2, 0.25) is 0 Å². The summed E-state index contributed by atoms with van der Waals surface area (Å²) in [5.41, 5.74) is 0. The highest BCUT2D eigenvalue weighted by Crippen LogP contribution is 2.43. The van der Waals surface area contributed by atoms with Gasteiger partial charge in [0, 0.05) is 12.8 Å². The molecule has 0 aliphatic heterocycles. The standard InChI is InChI=1S/C41H71O11P/c1-4-5-6-7-18-23-28-37(43)29-24-19-14-11-12-15-20-25-30-40(45)49-34-39(35-51-53(47,48)50-33-38(44)32-42)52-41(46)31-26-21-16-10-8-9-13-17-22-27-36(2)3/h5-6,12,14-15,18-19,23-24,29,36-39,42-44H,4,7-11,13,16-17,20-22,25-28,30-35H2,1-3H3,(H,47,48)/b6-5-,15-12-,19-14-,23-18-,29-24+/t37?,38-,39+/m0/s1. The molecule has 0 saturated carbocycles. The van der Waals surface area contributed by atoms with E-state index < -0.39 is 57.9 Å². The first-order valence-corrected chi connectivity index (χ1v) is 21.2. The van der Waals surface area contributed by atoms with E-state index in [4.69, 9.17) is 19.1 Å². The van der Waals surface area contributed by atoms with Crippen molar-refractivity contribution in [2.45, 2.75) is 155 Å². The summed E-state index contributed by atoms with van der Waals surface area (Å²) >= 11 is 0. The maximum atomic E-state index is 12.5. The van der Waals surface area contributed by atoms with E-state index in [1.165, 1.54) is 38.5 Å². The van der Waals surface area contributed by atoms with E-state index in [-0.39, 0.29) is 19.4 Å². The Balaban J connectivity index is 4.52. The lowest BCUT2D eigenvalue weighted by molar-refractivity contribution is -0.161. The second-order valence-corrected chi connectivity index (χ2v) is 15.1. The molecule has 0 amide bonds. The zero-order valence-corrected chi connectivity index (χ0v) is 33.6. The van der Waals surface area contributed by atoms with Gasteiger partial charge in [-0.25, -0.2) is 4.57 Å². The fourth-order valence-corrected chi connectivity index (χ4v) is 5.67. The summed E-state index contributed by atoms with van der Waals surface area (Å²) in [6.07, 6.45) is 32.4. The zero-order chi connectivity index (χ0) is 39.4. The van der Waals surface area contributed by atoms with Crippen molar-refractivity contribution in [1.29, 1.82) is 0 Å². The maximum absolute atomic E-state index is 12.5. The summed E-state index contributed by atoms with van der Waals surface area (Å²) in [7, 11) is -4.64. The number of carbonyl (C=O) groups is 2. The first-order valence-electron chi connectivity index (χ1n) is 19.7. The molecule has 0 rings (SSSR count). The molecule has 0 bridgehead atoms. The minimum absolute atomic E-state index is 0.129. The molecule has 11 nitrogen and oxygen atoms in total. The Bertz CT molecular complexity index is 1100. The molecule has 0 aromatic rings. The van der Waals surface area contributed by atoms with Gasteiger partial charge in [0.2, 0.25) is 0 Å². The van der Waals surface area contributed by atoms with Gasteiger partial charge in [-0.1, -0.05) is 139 Å². The molecule has 0 aliphatic rings. The predicted molar refractivity (Wildman–Crippen MR) is 211 cm³/mol. The first kappa shape index (κ1) is 50.6. The van der Waals surface area contributed by atoms with Gasteiger partial charge in [0.15, 0.2) is 6.10 Å². The Hall–Kier alpha value is -2.37. The lowest BCUT2D eigenvalue weighted by Gasteiger charge is -2.20. The van der Waals surface area contributed by atoms with Crippen LogP contribution in [0.1, 0.15) is 136 Å². The summed E-state index contributed by atoms with van der Waals surface area (Å²) in [4.78, 5) is 34.8. The number of unbranched alkanes of at least 4 members (excludes halogenated alkanes) is 9. The van der Waals surface area contributed by atoms with Gasteiger partial charge in [-0.05, 0) is 50.9 Å². The molecule has 306 valence electrons. The van der Waals surface area contributed by atoms with Gasteiger partial charge in [0.25, 0.3) is 0 Å². The van der Waals surface area contributed by atoms with E-state index in [2.05, 4.69) is 37.4 Å². The SMILES string of the molecule is CC/C=C\C/C=C\CC(O)/C=C/C=C\C/C=C\CCCC(=O)OC[C@H](COP(=O)(O)OC[C@@H](O)CO)OC(=O)CCCCCCCCCCCC(C)C. The van der Waals surface area contributed by atoms with Crippen LogP contribution in [0.3, 0.4) is 0 Å². The maximum Gasteiger partial charge on any atom is 0.472 e. The van der Waals surface area contributed by atoms with Crippen molar-refractivity contribution in [2.75, 3.05) is 26.4 Å². The average Bonchev–Trinajstić information content (AvgIpc) is 3.12. The molecular formula is C41H71O11P. The molecule has 0 radical (unpaired) electrons. The van der Waals surface area contributed by atoms with Crippen molar-refractivity contribution in [3.63, 3.8) is 0 Å². The first-order chi connectivity index (χ1) is 25.5. The highest BCUT2D eigenvalue weighted by molar-refractivity contribution is 7.47. The van der Waals surface area contributed by atoms with E-state index in [0.29, 0.717) is 32.1 Å². The molecule has 12 heteroatoms. The number of ether oxygens (including phenoxy) is 2. The molecule has 0 aromatic heterocycles. The molecule has 0 spiro atoms. The third kappa shape index (κ3) is 36.4. The molecule has 0 fully saturated rings. The Kier molecular flexibility index (Phi) is 33.8. The van der Waals surface area contributed by atoms with Gasteiger partial charge in [0.1, 0.15) is 12.7 Å². The van der Waals surface area contributed by atoms with Gasteiger partial charge in [-0.2, -0.15) is 0 Å². The van der Waals surface area contributed by atoms with Gasteiger partial charge in [-0.15, -0.1) is 0 Å². The highest BCUT2D eigenvalue weighted by Gasteiger charge is 2.27. The van der Waals surface area contributed by atoms with Crippen LogP contribution in [0.5, 0.6) is 0 Å². The highest BCUT2D eigenvalue weighted by atomic mass is 31.2. The second kappa shape index (κ2) is 35.3. The quantitative estimate of drug-likeness (QED) is 0.0160. The fraction of sp³-hybridized carbons (Fsp3) is 0.707. The topological polar surface area (TPSA) is 169 Å². The number of hydrogen-bond acceptors (Lipinski definition) is 10. The number of phosphoric acid groups is 1. The van der Waals surface area contributed by atoms with Crippen LogP contribution >= 0.6 is 7.82 Å². The van der Waals surface area contributed by atoms with Crippen molar-refractivity contribution in [3.05, 3.63) is 60.8 Å². The van der Waals surface area contributed by atoms with Crippen LogP contribution in [0.25, 0.3) is 0 Å². The summed E-state index contributed by atoms with van der Waals surface area (Å²) in [5, 5.41) is 28.3. The second-order valence-electron chi connectivity index (χ2n) is 13.6. The summed E-state index contributed by atoms with van der Waals surface area (Å²) in [5.74, 6) is -0.277. The van der Waals surface area contributed by atoms with Crippen molar-refractivity contribution < 1.29 is 52.9 Å². The van der Waals surface area contributed by atoms with Gasteiger partial charge in [0.05, 0.1) is 25.9 Å². The Morgan fingerprint density at radius 1 is 0.698 bits per heavy atom. The Morgan fingerprint density at radius 3 is 1.98 bits per heavy atom. The van der Waals surface area contributed by atoms with Gasteiger partial charge < -0.3 is 29.7 Å². The van der Waals surface area contributed by atoms with Crippen molar-refractivity contribution in [3.8, 4) is 0 Å². The van der Waals surface area contributed by atoms with Crippen LogP contribution in [-0.2, 0) is 32.7 Å². The van der Waals surface area contributed by atoms with Crippen LogP contribution < -0.4 is 0 Å². The lowest BCUT2D eigenvalue weighted by Crippen LogP contribution is -2.29. The number of aliphatic hydroxyl groups is 3. The average molecular weight is 771 g/mol. The zero-order valence-electron chi connectivity index (χ0n) is 32.7. The largest absolute Gasteiger partial charge is 0.472 e. The third-order valence-corrected chi connectivity index (χ3v) is 8.90. The third-order valence-electron chi connectivity index (χ3n) is 7.94. The molecule has 4 N–H and O–H groups in total. The monoisotopic (exact) mass is 770 g/mol. The molecule has 0 saturated heterocycles. The van der Waals surface area contributed by atoms with E-state index in [1.807, 2.05) is 42.5 Å². The van der Waals surface area contributed by atoms with Gasteiger partial charge in [-0.3, -0.25) is 18.6 Å². The molecule has 0 aliphatic carbocycles. The van der Waals surface area contributed by atoms with E-state index >= 15 is 0 Å². The van der Waals surface area contributed by atoms with Crippen molar-refractivity contribution in [1.82, 2.24) is 0 Å². The lowest BCUT2D eigenvalue weighted by atomic mass is 10.0. The van der Waals surface area contributed by atoms with E-state index in [9.17, 15) is 29.3 Å². The van der Waals surface area contributed by atoms with Gasteiger partial charge >= 0.3 is 19.8 Å². The molecule has 0 heterocycles. The summed E-state index contributed by atoms with van der Waals surface area (Å²) in [6, 6.07) is 0. The summed E-state index contributed by atoms with van der Waals surface area (Å²) < 4.78 is 32.5. The van der Waals surface area contributed by atoms with Crippen molar-refractivity contribution >= 4 is 19.8 Å². The normalized spacial score (nSPS) is 15.3. The smallest absolute Gasteiger partial charge is 0.462 e. The number of carbonyl (C=O) groups excluding carboxylic acids is 2. The number of esters is 2. The number of allylic oxidation sites excluding steroid dienone is 8. The fourth-order valence-electron chi connectivity index (χ4n) is 4.88. The number of phosphoric ester groups is 1.